The summed E-state index contributed by atoms with van der Waals surface area (Å²) in [5.74, 6) is -0.121. The summed E-state index contributed by atoms with van der Waals surface area (Å²) in [6, 6.07) is 7.33. The SMILES string of the molecule is NC1(C(=O)Nc2cccc(-n3cnnn3)c2)CCCC1. The zero-order valence-electron chi connectivity index (χ0n) is 11.0. The zero-order valence-corrected chi connectivity index (χ0v) is 11.0. The lowest BCUT2D eigenvalue weighted by molar-refractivity contribution is -0.121. The molecule has 20 heavy (non-hydrogen) atoms. The Hall–Kier alpha value is -2.28. The first-order valence-electron chi connectivity index (χ1n) is 6.61. The lowest BCUT2D eigenvalue weighted by Gasteiger charge is -2.22. The molecule has 0 saturated heterocycles. The maximum absolute atomic E-state index is 12.3. The van der Waals surface area contributed by atoms with Gasteiger partial charge in [-0.1, -0.05) is 18.9 Å². The Labute approximate surface area is 116 Å². The molecule has 1 saturated carbocycles. The van der Waals surface area contributed by atoms with E-state index >= 15 is 0 Å². The number of nitrogens with zero attached hydrogens (tertiary/aromatic N) is 4. The van der Waals surface area contributed by atoms with Gasteiger partial charge in [-0.2, -0.15) is 0 Å². The fourth-order valence-electron chi connectivity index (χ4n) is 2.49. The minimum atomic E-state index is -0.731. The molecule has 0 unspecified atom stereocenters. The number of nitrogens with two attached hydrogens (primary N) is 1. The zero-order chi connectivity index (χ0) is 14.0. The van der Waals surface area contributed by atoms with Crippen molar-refractivity contribution in [2.75, 3.05) is 5.32 Å². The monoisotopic (exact) mass is 272 g/mol. The molecule has 2 aromatic rings. The first-order valence-corrected chi connectivity index (χ1v) is 6.61. The number of carbonyl (C=O) groups is 1. The van der Waals surface area contributed by atoms with Gasteiger partial charge >= 0.3 is 0 Å². The molecule has 1 heterocycles. The molecule has 0 spiro atoms. The molecule has 0 atom stereocenters. The summed E-state index contributed by atoms with van der Waals surface area (Å²) < 4.78 is 1.53. The molecule has 7 nitrogen and oxygen atoms in total. The molecule has 1 aromatic heterocycles. The van der Waals surface area contributed by atoms with Gasteiger partial charge in [0.1, 0.15) is 6.33 Å². The van der Waals surface area contributed by atoms with Crippen LogP contribution in [0.4, 0.5) is 5.69 Å². The Morgan fingerprint density at radius 1 is 1.35 bits per heavy atom. The third kappa shape index (κ3) is 2.39. The fourth-order valence-corrected chi connectivity index (χ4v) is 2.49. The van der Waals surface area contributed by atoms with Crippen LogP contribution in [0.25, 0.3) is 5.69 Å². The number of nitrogens with one attached hydrogen (secondary N) is 1. The number of hydrogen-bond donors (Lipinski definition) is 2. The van der Waals surface area contributed by atoms with Crippen molar-refractivity contribution in [1.82, 2.24) is 20.2 Å². The van der Waals surface area contributed by atoms with E-state index in [0.29, 0.717) is 5.69 Å². The maximum atomic E-state index is 12.3. The van der Waals surface area contributed by atoms with Crippen molar-refractivity contribution in [3.05, 3.63) is 30.6 Å². The molecule has 104 valence electrons. The Morgan fingerprint density at radius 3 is 2.85 bits per heavy atom. The van der Waals surface area contributed by atoms with Crippen LogP contribution in [0.2, 0.25) is 0 Å². The van der Waals surface area contributed by atoms with Crippen molar-refractivity contribution >= 4 is 11.6 Å². The number of rotatable bonds is 3. The number of anilines is 1. The molecule has 3 rings (SSSR count). The summed E-state index contributed by atoms with van der Waals surface area (Å²) in [6.45, 7) is 0. The number of carbonyl (C=O) groups excluding carboxylic acids is 1. The van der Waals surface area contributed by atoms with E-state index in [0.717, 1.165) is 31.4 Å². The number of benzene rings is 1. The van der Waals surface area contributed by atoms with Gasteiger partial charge in [0.25, 0.3) is 0 Å². The number of amides is 1. The van der Waals surface area contributed by atoms with Crippen LogP contribution in [-0.4, -0.2) is 31.7 Å². The normalized spacial score (nSPS) is 17.1. The molecule has 1 aliphatic carbocycles. The standard InChI is InChI=1S/C13H16N6O/c14-13(6-1-2-7-13)12(20)16-10-4-3-5-11(8-10)19-9-15-17-18-19/h3-5,8-9H,1-2,6-7,14H2,(H,16,20). The van der Waals surface area contributed by atoms with Crippen molar-refractivity contribution in [1.29, 1.82) is 0 Å². The molecule has 1 aliphatic rings. The smallest absolute Gasteiger partial charge is 0.244 e. The summed E-state index contributed by atoms with van der Waals surface area (Å²) in [5.41, 5.74) is 6.88. The highest BCUT2D eigenvalue weighted by Gasteiger charge is 2.36. The van der Waals surface area contributed by atoms with E-state index in [1.165, 1.54) is 11.0 Å². The van der Waals surface area contributed by atoms with Crippen LogP contribution in [0.1, 0.15) is 25.7 Å². The Morgan fingerprint density at radius 2 is 2.15 bits per heavy atom. The van der Waals surface area contributed by atoms with Gasteiger partial charge in [0.05, 0.1) is 11.2 Å². The molecule has 0 aliphatic heterocycles. The minimum Gasteiger partial charge on any atom is -0.324 e. The molecule has 1 fully saturated rings. The molecular weight excluding hydrogens is 256 g/mol. The van der Waals surface area contributed by atoms with Crippen LogP contribution >= 0.6 is 0 Å². The van der Waals surface area contributed by atoms with Crippen LogP contribution in [0.5, 0.6) is 0 Å². The average Bonchev–Trinajstić information content (AvgIpc) is 3.11. The number of hydrogen-bond acceptors (Lipinski definition) is 5. The Kier molecular flexibility index (Phi) is 3.19. The first kappa shape index (κ1) is 12.7. The largest absolute Gasteiger partial charge is 0.324 e. The van der Waals surface area contributed by atoms with E-state index in [1.807, 2.05) is 24.3 Å². The second kappa shape index (κ2) is 5.01. The third-order valence-electron chi connectivity index (χ3n) is 3.67. The summed E-state index contributed by atoms with van der Waals surface area (Å²) in [5, 5.41) is 13.9. The molecule has 0 radical (unpaired) electrons. The number of tetrazole rings is 1. The molecule has 3 N–H and O–H groups in total. The average molecular weight is 272 g/mol. The van der Waals surface area contributed by atoms with E-state index in [4.69, 9.17) is 5.73 Å². The van der Waals surface area contributed by atoms with Gasteiger partial charge in [0.2, 0.25) is 5.91 Å². The Balaban J connectivity index is 1.78. The highest BCUT2D eigenvalue weighted by Crippen LogP contribution is 2.28. The van der Waals surface area contributed by atoms with Gasteiger partial charge in [-0.3, -0.25) is 4.79 Å². The lowest BCUT2D eigenvalue weighted by atomic mass is 9.98. The topological polar surface area (TPSA) is 98.7 Å². The van der Waals surface area contributed by atoms with E-state index in [-0.39, 0.29) is 5.91 Å². The Bertz CT molecular complexity index is 603. The van der Waals surface area contributed by atoms with Gasteiger partial charge in [-0.05, 0) is 41.5 Å². The second-order valence-corrected chi connectivity index (χ2v) is 5.12. The van der Waals surface area contributed by atoms with Crippen LogP contribution in [-0.2, 0) is 4.79 Å². The molecule has 7 heteroatoms. The van der Waals surface area contributed by atoms with Crippen LogP contribution in [0, 0.1) is 0 Å². The van der Waals surface area contributed by atoms with Gasteiger partial charge in [0.15, 0.2) is 0 Å². The van der Waals surface area contributed by atoms with Crippen LogP contribution < -0.4 is 11.1 Å². The van der Waals surface area contributed by atoms with E-state index in [2.05, 4.69) is 20.8 Å². The van der Waals surface area contributed by atoms with Crippen LogP contribution in [0.3, 0.4) is 0 Å². The lowest BCUT2D eigenvalue weighted by Crippen LogP contribution is -2.48. The summed E-state index contributed by atoms with van der Waals surface area (Å²) in [4.78, 5) is 12.3. The quantitative estimate of drug-likeness (QED) is 0.863. The van der Waals surface area contributed by atoms with Crippen molar-refractivity contribution in [3.63, 3.8) is 0 Å². The highest BCUT2D eigenvalue weighted by molar-refractivity contribution is 5.98. The van der Waals surface area contributed by atoms with E-state index in [9.17, 15) is 4.79 Å². The second-order valence-electron chi connectivity index (χ2n) is 5.12. The summed E-state index contributed by atoms with van der Waals surface area (Å²) in [7, 11) is 0. The fraction of sp³-hybridized carbons (Fsp3) is 0.385. The molecule has 1 aromatic carbocycles. The molecule has 0 bridgehead atoms. The predicted molar refractivity (Wildman–Crippen MR) is 73.2 cm³/mol. The van der Waals surface area contributed by atoms with E-state index in [1.54, 1.807) is 0 Å². The van der Waals surface area contributed by atoms with Gasteiger partial charge in [-0.15, -0.1) is 5.10 Å². The first-order chi connectivity index (χ1) is 9.67. The van der Waals surface area contributed by atoms with Crippen LogP contribution in [0.15, 0.2) is 30.6 Å². The van der Waals surface area contributed by atoms with Crippen molar-refractivity contribution in [2.24, 2.45) is 5.73 Å². The van der Waals surface area contributed by atoms with E-state index < -0.39 is 5.54 Å². The van der Waals surface area contributed by atoms with Crippen molar-refractivity contribution in [2.45, 2.75) is 31.2 Å². The molecule has 1 amide bonds. The molecular formula is C13H16N6O. The highest BCUT2D eigenvalue weighted by atomic mass is 16.2. The van der Waals surface area contributed by atoms with Gasteiger partial charge in [-0.25, -0.2) is 4.68 Å². The summed E-state index contributed by atoms with van der Waals surface area (Å²) >= 11 is 0. The van der Waals surface area contributed by atoms with Gasteiger partial charge in [0, 0.05) is 5.69 Å². The third-order valence-corrected chi connectivity index (χ3v) is 3.67. The summed E-state index contributed by atoms with van der Waals surface area (Å²) in [6.07, 6.45) is 5.00. The predicted octanol–water partition coefficient (Wildman–Crippen LogP) is 0.872. The number of aromatic nitrogens is 4. The van der Waals surface area contributed by atoms with Crippen molar-refractivity contribution < 1.29 is 4.79 Å². The maximum Gasteiger partial charge on any atom is 0.244 e. The van der Waals surface area contributed by atoms with Crippen molar-refractivity contribution in [3.8, 4) is 5.69 Å². The minimum absolute atomic E-state index is 0.121. The van der Waals surface area contributed by atoms with Gasteiger partial charge < -0.3 is 11.1 Å².